The Morgan fingerprint density at radius 2 is 2.56 bits per heavy atom. The van der Waals surface area contributed by atoms with Crippen molar-refractivity contribution in [3.05, 3.63) is 11.9 Å². The van der Waals surface area contributed by atoms with Crippen LogP contribution in [0.25, 0.3) is 0 Å². The van der Waals surface area contributed by atoms with Crippen molar-refractivity contribution in [1.82, 2.24) is 20.3 Å². The molecule has 3 N–H and O–H groups in total. The van der Waals surface area contributed by atoms with E-state index in [4.69, 9.17) is 12.2 Å². The van der Waals surface area contributed by atoms with Crippen molar-refractivity contribution in [2.45, 2.75) is 32.5 Å². The van der Waals surface area contributed by atoms with E-state index in [0.29, 0.717) is 18.7 Å². The van der Waals surface area contributed by atoms with Gasteiger partial charge in [-0.3, -0.25) is 4.79 Å². The quantitative estimate of drug-likeness (QED) is 0.641. The zero-order valence-corrected chi connectivity index (χ0v) is 9.18. The van der Waals surface area contributed by atoms with Crippen LogP contribution < -0.4 is 11.1 Å². The van der Waals surface area contributed by atoms with E-state index in [1.165, 1.54) is 4.68 Å². The first kappa shape index (κ1) is 12.2. The molecule has 1 rings (SSSR count). The van der Waals surface area contributed by atoms with Gasteiger partial charge in [-0.1, -0.05) is 5.21 Å². The Kier molecular flexibility index (Phi) is 4.48. The van der Waals surface area contributed by atoms with Gasteiger partial charge in [-0.2, -0.15) is 0 Å². The predicted molar refractivity (Wildman–Crippen MR) is 59.0 cm³/mol. The maximum atomic E-state index is 11.5. The van der Waals surface area contributed by atoms with E-state index in [9.17, 15) is 4.79 Å². The molecular formula is C10H15N5O. The van der Waals surface area contributed by atoms with Gasteiger partial charge >= 0.3 is 0 Å². The van der Waals surface area contributed by atoms with Crippen molar-refractivity contribution in [2.24, 2.45) is 5.73 Å². The van der Waals surface area contributed by atoms with Crippen LogP contribution in [-0.2, 0) is 17.9 Å². The van der Waals surface area contributed by atoms with Crippen LogP contribution in [0.1, 0.15) is 19.0 Å². The lowest BCUT2D eigenvalue weighted by molar-refractivity contribution is -0.122. The molecule has 0 spiro atoms. The Balaban J connectivity index is 2.42. The first-order chi connectivity index (χ1) is 7.65. The minimum atomic E-state index is -0.142. The molecule has 0 fully saturated rings. The summed E-state index contributed by atoms with van der Waals surface area (Å²) in [6.07, 6.45) is 7.29. The van der Waals surface area contributed by atoms with Crippen LogP contribution in [-0.4, -0.2) is 26.9 Å². The molecule has 0 saturated heterocycles. The molecule has 1 unspecified atom stereocenters. The standard InChI is InChI=1S/C10H15N5O/c1-3-4-8(2)12-10(16)7-15-6-9(5-11)13-14-15/h1,6,8H,4-5,7,11H2,2H3,(H,12,16). The Labute approximate surface area is 94.2 Å². The highest BCUT2D eigenvalue weighted by Crippen LogP contribution is 1.92. The molecule has 0 radical (unpaired) electrons. The molecule has 1 amide bonds. The summed E-state index contributed by atoms with van der Waals surface area (Å²) in [5, 5.41) is 10.3. The molecule has 0 aliphatic carbocycles. The number of hydrogen-bond donors (Lipinski definition) is 2. The first-order valence-corrected chi connectivity index (χ1v) is 4.97. The van der Waals surface area contributed by atoms with Crippen LogP contribution in [0.5, 0.6) is 0 Å². The molecule has 0 bridgehead atoms. The molecule has 0 aliphatic rings. The van der Waals surface area contributed by atoms with E-state index in [1.807, 2.05) is 6.92 Å². The van der Waals surface area contributed by atoms with Gasteiger partial charge in [0.25, 0.3) is 0 Å². The SMILES string of the molecule is C#CCC(C)NC(=O)Cn1cc(CN)nn1. The van der Waals surface area contributed by atoms with E-state index in [-0.39, 0.29) is 18.5 Å². The number of carbonyl (C=O) groups excluding carboxylic acids is 1. The lowest BCUT2D eigenvalue weighted by Crippen LogP contribution is -2.34. The molecule has 16 heavy (non-hydrogen) atoms. The van der Waals surface area contributed by atoms with E-state index in [0.717, 1.165) is 0 Å². The van der Waals surface area contributed by atoms with Crippen molar-refractivity contribution in [3.8, 4) is 12.3 Å². The van der Waals surface area contributed by atoms with Crippen LogP contribution >= 0.6 is 0 Å². The Morgan fingerprint density at radius 1 is 1.81 bits per heavy atom. The second-order valence-electron chi connectivity index (χ2n) is 3.49. The average molecular weight is 221 g/mol. The van der Waals surface area contributed by atoms with Gasteiger partial charge in [0.05, 0.1) is 11.9 Å². The number of rotatable bonds is 5. The molecule has 1 aromatic heterocycles. The Hall–Kier alpha value is -1.87. The zero-order chi connectivity index (χ0) is 12.0. The summed E-state index contributed by atoms with van der Waals surface area (Å²) in [7, 11) is 0. The highest BCUT2D eigenvalue weighted by molar-refractivity contribution is 5.75. The average Bonchev–Trinajstić information content (AvgIpc) is 2.65. The minimum Gasteiger partial charge on any atom is -0.351 e. The van der Waals surface area contributed by atoms with Gasteiger partial charge in [-0.05, 0) is 6.92 Å². The summed E-state index contributed by atoms with van der Waals surface area (Å²) in [6, 6.07) is -0.0324. The first-order valence-electron chi connectivity index (χ1n) is 4.97. The van der Waals surface area contributed by atoms with E-state index in [2.05, 4.69) is 21.5 Å². The summed E-state index contributed by atoms with van der Waals surface area (Å²) in [5.74, 6) is 2.34. The van der Waals surface area contributed by atoms with Gasteiger partial charge in [-0.25, -0.2) is 4.68 Å². The maximum absolute atomic E-state index is 11.5. The summed E-state index contributed by atoms with van der Waals surface area (Å²) in [6.45, 7) is 2.29. The number of hydrogen-bond acceptors (Lipinski definition) is 4. The van der Waals surface area contributed by atoms with E-state index in [1.54, 1.807) is 6.20 Å². The fourth-order valence-electron chi connectivity index (χ4n) is 1.20. The fraction of sp³-hybridized carbons (Fsp3) is 0.500. The van der Waals surface area contributed by atoms with Crippen molar-refractivity contribution >= 4 is 5.91 Å². The lowest BCUT2D eigenvalue weighted by atomic mass is 10.2. The Morgan fingerprint density at radius 3 is 3.12 bits per heavy atom. The van der Waals surface area contributed by atoms with Gasteiger partial charge in [0.2, 0.25) is 5.91 Å². The normalized spacial score (nSPS) is 11.8. The van der Waals surface area contributed by atoms with Crippen LogP contribution in [0.15, 0.2) is 6.20 Å². The summed E-state index contributed by atoms with van der Waals surface area (Å²) < 4.78 is 1.44. The van der Waals surface area contributed by atoms with Crippen LogP contribution in [0, 0.1) is 12.3 Å². The second-order valence-corrected chi connectivity index (χ2v) is 3.49. The van der Waals surface area contributed by atoms with Gasteiger partial charge < -0.3 is 11.1 Å². The molecule has 6 nitrogen and oxygen atoms in total. The maximum Gasteiger partial charge on any atom is 0.242 e. The van der Waals surface area contributed by atoms with Crippen LogP contribution in [0.3, 0.4) is 0 Å². The highest BCUT2D eigenvalue weighted by Gasteiger charge is 2.08. The predicted octanol–water partition coefficient (Wildman–Crippen LogP) is -0.735. The molecule has 1 heterocycles. The molecule has 0 aliphatic heterocycles. The number of nitrogens with one attached hydrogen (secondary N) is 1. The highest BCUT2D eigenvalue weighted by atomic mass is 16.2. The molecule has 86 valence electrons. The lowest BCUT2D eigenvalue weighted by Gasteiger charge is -2.10. The van der Waals surface area contributed by atoms with Crippen molar-refractivity contribution < 1.29 is 4.79 Å². The van der Waals surface area contributed by atoms with E-state index < -0.39 is 0 Å². The van der Waals surface area contributed by atoms with E-state index >= 15 is 0 Å². The Bertz CT molecular complexity index is 392. The molecule has 1 atom stereocenters. The number of aromatic nitrogens is 3. The molecule has 0 saturated carbocycles. The minimum absolute atomic E-state index is 0.0324. The van der Waals surface area contributed by atoms with Crippen LogP contribution in [0.4, 0.5) is 0 Å². The third-order valence-corrected chi connectivity index (χ3v) is 1.93. The van der Waals surface area contributed by atoms with Gasteiger partial charge in [-0.15, -0.1) is 17.4 Å². The largest absolute Gasteiger partial charge is 0.351 e. The molecule has 0 aromatic carbocycles. The van der Waals surface area contributed by atoms with Crippen molar-refractivity contribution in [1.29, 1.82) is 0 Å². The number of nitrogens with two attached hydrogens (primary N) is 1. The molecule has 1 aromatic rings. The topological polar surface area (TPSA) is 85.8 Å². The zero-order valence-electron chi connectivity index (χ0n) is 9.18. The molecular weight excluding hydrogens is 206 g/mol. The summed E-state index contributed by atoms with van der Waals surface area (Å²) in [4.78, 5) is 11.5. The van der Waals surface area contributed by atoms with Gasteiger partial charge in [0.1, 0.15) is 6.54 Å². The van der Waals surface area contributed by atoms with Crippen LogP contribution in [0.2, 0.25) is 0 Å². The fourth-order valence-corrected chi connectivity index (χ4v) is 1.20. The third-order valence-electron chi connectivity index (χ3n) is 1.93. The second kappa shape index (κ2) is 5.88. The third kappa shape index (κ3) is 3.71. The van der Waals surface area contributed by atoms with Gasteiger partial charge in [0, 0.05) is 19.0 Å². The number of carbonyl (C=O) groups is 1. The summed E-state index contributed by atoms with van der Waals surface area (Å²) in [5.41, 5.74) is 6.03. The summed E-state index contributed by atoms with van der Waals surface area (Å²) >= 11 is 0. The number of terminal acetylenes is 1. The number of amides is 1. The van der Waals surface area contributed by atoms with Crippen molar-refractivity contribution in [2.75, 3.05) is 0 Å². The number of nitrogens with zero attached hydrogens (tertiary/aromatic N) is 3. The van der Waals surface area contributed by atoms with Crippen molar-refractivity contribution in [3.63, 3.8) is 0 Å². The molecule has 6 heteroatoms. The van der Waals surface area contributed by atoms with Gasteiger partial charge in [0.15, 0.2) is 0 Å². The smallest absolute Gasteiger partial charge is 0.242 e. The monoisotopic (exact) mass is 221 g/mol.